The van der Waals surface area contributed by atoms with Gasteiger partial charge in [0.1, 0.15) is 6.07 Å². The predicted molar refractivity (Wildman–Crippen MR) is 79.5 cm³/mol. The number of fused-ring (bicyclic) bond motifs is 1. The lowest BCUT2D eigenvalue weighted by molar-refractivity contribution is 0.346. The molecule has 3 rings (SSSR count). The molecule has 22 heavy (non-hydrogen) atoms. The van der Waals surface area contributed by atoms with E-state index in [1.54, 1.807) is 22.7 Å². The lowest BCUT2D eigenvalue weighted by Gasteiger charge is -2.09. The molecule has 2 heterocycles. The lowest BCUT2D eigenvalue weighted by Crippen LogP contribution is -1.98. The molecule has 0 saturated heterocycles. The zero-order chi connectivity index (χ0) is 15.7. The number of imidazole rings is 1. The van der Waals surface area contributed by atoms with Crippen molar-refractivity contribution in [3.8, 4) is 23.1 Å². The van der Waals surface area contributed by atoms with Crippen molar-refractivity contribution in [2.24, 2.45) is 0 Å². The molecule has 110 valence electrons. The summed E-state index contributed by atoms with van der Waals surface area (Å²) in [7, 11) is 0. The largest absolute Gasteiger partial charge is 0.476 e. The zero-order valence-electron chi connectivity index (χ0n) is 10.9. The summed E-state index contributed by atoms with van der Waals surface area (Å²) in [6.07, 6.45) is 4.69. The fourth-order valence-corrected chi connectivity index (χ4v) is 2.49. The van der Waals surface area contributed by atoms with Gasteiger partial charge in [0.05, 0.1) is 16.9 Å². The Morgan fingerprint density at radius 3 is 2.91 bits per heavy atom. The fraction of sp³-hybridized carbons (Fsp3) is 0.0714. The van der Waals surface area contributed by atoms with Gasteiger partial charge in [-0.05, 0) is 12.1 Å². The van der Waals surface area contributed by atoms with Gasteiger partial charge in [0.15, 0.2) is 29.0 Å². The van der Waals surface area contributed by atoms with Gasteiger partial charge >= 0.3 is 0 Å². The number of ether oxygens (including phenoxy) is 1. The first-order valence-electron chi connectivity index (χ1n) is 6.09. The molecule has 0 bridgehead atoms. The summed E-state index contributed by atoms with van der Waals surface area (Å²) >= 11 is 12.0. The van der Waals surface area contributed by atoms with Crippen LogP contribution < -0.4 is 4.74 Å². The number of hydrogen-bond acceptors (Lipinski definition) is 4. The van der Waals surface area contributed by atoms with Crippen LogP contribution in [-0.4, -0.2) is 21.0 Å². The van der Waals surface area contributed by atoms with Crippen molar-refractivity contribution in [3.63, 3.8) is 0 Å². The Hall–Kier alpha value is -2.36. The Balaban J connectivity index is 2.14. The van der Waals surface area contributed by atoms with E-state index in [1.807, 2.05) is 0 Å². The van der Waals surface area contributed by atoms with Gasteiger partial charge in [-0.25, -0.2) is 14.4 Å². The van der Waals surface area contributed by atoms with Crippen molar-refractivity contribution in [2.75, 3.05) is 6.61 Å². The number of aromatic nitrogens is 3. The summed E-state index contributed by atoms with van der Waals surface area (Å²) in [6.45, 7) is -0.260. The molecule has 0 fully saturated rings. The summed E-state index contributed by atoms with van der Waals surface area (Å²) in [4.78, 5) is 8.08. The first-order chi connectivity index (χ1) is 10.6. The number of nitriles is 1. The van der Waals surface area contributed by atoms with Gasteiger partial charge in [-0.15, -0.1) is 0 Å². The molecule has 2 aromatic heterocycles. The minimum atomic E-state index is -0.732. The highest BCUT2D eigenvalue weighted by atomic mass is 35.5. The van der Waals surface area contributed by atoms with Crippen LogP contribution in [0.25, 0.3) is 16.9 Å². The van der Waals surface area contributed by atoms with Crippen molar-refractivity contribution < 1.29 is 9.13 Å². The zero-order valence-corrected chi connectivity index (χ0v) is 12.4. The van der Waals surface area contributed by atoms with Crippen molar-refractivity contribution in [1.29, 1.82) is 5.26 Å². The molecule has 0 amide bonds. The number of nitrogens with zero attached hydrogens (tertiary/aromatic N) is 4. The second-order valence-electron chi connectivity index (χ2n) is 4.24. The predicted octanol–water partition coefficient (Wildman–Crippen LogP) is 3.74. The van der Waals surface area contributed by atoms with Crippen molar-refractivity contribution in [3.05, 3.63) is 46.7 Å². The molecular formula is C14H7Cl2FN4O. The van der Waals surface area contributed by atoms with Crippen LogP contribution in [0.15, 0.2) is 30.7 Å². The van der Waals surface area contributed by atoms with Gasteiger partial charge in [0, 0.05) is 18.0 Å². The molecule has 1 aromatic carbocycles. The maximum Gasteiger partial charge on any atom is 0.184 e. The fourth-order valence-electron chi connectivity index (χ4n) is 2.04. The van der Waals surface area contributed by atoms with Crippen molar-refractivity contribution in [1.82, 2.24) is 14.4 Å². The highest BCUT2D eigenvalue weighted by molar-refractivity contribution is 6.34. The molecule has 0 spiro atoms. The van der Waals surface area contributed by atoms with E-state index in [0.717, 1.165) is 0 Å². The third-order valence-electron chi connectivity index (χ3n) is 3.00. The minimum Gasteiger partial charge on any atom is -0.476 e. The Morgan fingerprint density at radius 1 is 1.32 bits per heavy atom. The Kier molecular flexibility index (Phi) is 3.84. The topological polar surface area (TPSA) is 63.2 Å². The first kappa shape index (κ1) is 14.6. The maximum atomic E-state index is 14.2. The molecule has 0 aliphatic rings. The van der Waals surface area contributed by atoms with E-state index < -0.39 is 5.82 Å². The molecule has 0 atom stereocenters. The van der Waals surface area contributed by atoms with Gasteiger partial charge in [0.2, 0.25) is 0 Å². The van der Waals surface area contributed by atoms with Crippen molar-refractivity contribution >= 4 is 28.8 Å². The van der Waals surface area contributed by atoms with Crippen LogP contribution in [0.1, 0.15) is 0 Å². The number of rotatable bonds is 3. The summed E-state index contributed by atoms with van der Waals surface area (Å²) in [5.41, 5.74) is 1.44. The van der Waals surface area contributed by atoms with Crippen LogP contribution in [0.3, 0.4) is 0 Å². The van der Waals surface area contributed by atoms with Gasteiger partial charge in [0.25, 0.3) is 0 Å². The molecule has 0 radical (unpaired) electrons. The normalized spacial score (nSPS) is 10.6. The van der Waals surface area contributed by atoms with Gasteiger partial charge in [-0.3, -0.25) is 4.40 Å². The molecule has 8 heteroatoms. The van der Waals surface area contributed by atoms with Crippen LogP contribution >= 0.6 is 23.2 Å². The lowest BCUT2D eigenvalue weighted by atomic mass is 10.1. The van der Waals surface area contributed by atoms with Crippen LogP contribution in [0, 0.1) is 17.1 Å². The molecule has 0 aliphatic heterocycles. The summed E-state index contributed by atoms with van der Waals surface area (Å²) in [5, 5.41) is 8.59. The average Bonchev–Trinajstić information content (AvgIpc) is 2.94. The van der Waals surface area contributed by atoms with E-state index in [0.29, 0.717) is 16.9 Å². The van der Waals surface area contributed by atoms with E-state index in [-0.39, 0.29) is 22.5 Å². The number of benzene rings is 1. The third-order valence-corrected chi connectivity index (χ3v) is 3.64. The Morgan fingerprint density at radius 2 is 2.14 bits per heavy atom. The smallest absolute Gasteiger partial charge is 0.184 e. The highest BCUT2D eigenvalue weighted by Crippen LogP contribution is 2.35. The monoisotopic (exact) mass is 336 g/mol. The Bertz CT molecular complexity index is 904. The summed E-state index contributed by atoms with van der Waals surface area (Å²) in [6, 6.07) is 4.77. The molecule has 5 nitrogen and oxygen atoms in total. The van der Waals surface area contributed by atoms with Crippen molar-refractivity contribution in [2.45, 2.75) is 0 Å². The van der Waals surface area contributed by atoms with E-state index >= 15 is 0 Å². The van der Waals surface area contributed by atoms with E-state index in [9.17, 15) is 4.39 Å². The van der Waals surface area contributed by atoms with Crippen LogP contribution in [0.5, 0.6) is 5.75 Å². The molecule has 0 N–H and O–H groups in total. The Labute approximate surface area is 134 Å². The highest BCUT2D eigenvalue weighted by Gasteiger charge is 2.17. The average molecular weight is 337 g/mol. The summed E-state index contributed by atoms with van der Waals surface area (Å²) in [5.74, 6) is -0.812. The summed E-state index contributed by atoms with van der Waals surface area (Å²) < 4.78 is 20.9. The molecule has 3 aromatic rings. The molecule has 0 saturated carbocycles. The van der Waals surface area contributed by atoms with E-state index in [4.69, 9.17) is 33.2 Å². The molecular weight excluding hydrogens is 330 g/mol. The van der Waals surface area contributed by atoms with Gasteiger partial charge in [-0.2, -0.15) is 5.26 Å². The van der Waals surface area contributed by atoms with E-state index in [1.165, 1.54) is 18.5 Å². The number of halogens is 3. The molecule has 0 aliphatic carbocycles. The minimum absolute atomic E-state index is 0.0798. The quantitative estimate of drug-likeness (QED) is 0.730. The first-order valence-corrected chi connectivity index (χ1v) is 6.84. The maximum absolute atomic E-state index is 14.2. The SMILES string of the molecule is N#CCOc1ccc(-c2cnc3c(Cl)nccn23)c(Cl)c1F. The van der Waals surface area contributed by atoms with Crippen LogP contribution in [0.2, 0.25) is 10.2 Å². The van der Waals surface area contributed by atoms with Crippen LogP contribution in [0.4, 0.5) is 4.39 Å². The van der Waals surface area contributed by atoms with Gasteiger partial charge < -0.3 is 4.74 Å². The number of hydrogen-bond donors (Lipinski definition) is 0. The second-order valence-corrected chi connectivity index (χ2v) is 4.98. The standard InChI is InChI=1S/C14H7Cl2FN4O/c15-11-8(1-2-10(12(11)17)22-6-3-18)9-7-20-14-13(16)19-4-5-21(9)14/h1-2,4-5,7H,6H2. The second kappa shape index (κ2) is 5.79. The third kappa shape index (κ3) is 2.34. The van der Waals surface area contributed by atoms with E-state index in [2.05, 4.69) is 9.97 Å². The van der Waals surface area contributed by atoms with Crippen LogP contribution in [-0.2, 0) is 0 Å². The molecule has 0 unspecified atom stereocenters. The van der Waals surface area contributed by atoms with Gasteiger partial charge in [-0.1, -0.05) is 23.2 Å².